The van der Waals surface area contributed by atoms with Crippen LogP contribution < -0.4 is 10.1 Å². The molecule has 1 amide bonds. The third-order valence-corrected chi connectivity index (χ3v) is 6.87. The zero-order chi connectivity index (χ0) is 24.2. The number of piperidine rings is 1. The highest BCUT2D eigenvalue weighted by Crippen LogP contribution is 2.31. The molecule has 0 radical (unpaired) electrons. The lowest BCUT2D eigenvalue weighted by Crippen LogP contribution is -2.46. The van der Waals surface area contributed by atoms with Crippen molar-refractivity contribution in [3.8, 4) is 16.5 Å². The van der Waals surface area contributed by atoms with Gasteiger partial charge in [0, 0.05) is 37.3 Å². The van der Waals surface area contributed by atoms with Gasteiger partial charge in [-0.1, -0.05) is 16.8 Å². The van der Waals surface area contributed by atoms with Crippen LogP contribution in [0.3, 0.4) is 0 Å². The van der Waals surface area contributed by atoms with Crippen LogP contribution in [0.4, 0.5) is 4.79 Å². The molecular weight excluding hydrogens is 482 g/mol. The molecule has 1 aliphatic rings. The largest absolute Gasteiger partial charge is 0.514 e. The maximum Gasteiger partial charge on any atom is 0.514 e. The fourth-order valence-corrected chi connectivity index (χ4v) is 4.79. The highest BCUT2D eigenvalue weighted by molar-refractivity contribution is 7.19. The summed E-state index contributed by atoms with van der Waals surface area (Å²) in [5, 5.41) is 11.4. The Kier molecular flexibility index (Phi) is 7.54. The van der Waals surface area contributed by atoms with E-state index in [9.17, 15) is 9.59 Å². The van der Waals surface area contributed by atoms with Gasteiger partial charge in [-0.2, -0.15) is 0 Å². The Morgan fingerprint density at radius 2 is 2.06 bits per heavy atom. The predicted octanol–water partition coefficient (Wildman–Crippen LogP) is 4.05. The number of aromatic nitrogens is 3. The number of hydrogen-bond donors (Lipinski definition) is 1. The molecule has 0 spiro atoms. The molecule has 0 saturated carbocycles. The molecule has 1 saturated heterocycles. The lowest BCUT2D eigenvalue weighted by molar-refractivity contribution is 0.0890. The summed E-state index contributed by atoms with van der Waals surface area (Å²) in [7, 11) is 1.20. The second kappa shape index (κ2) is 10.6. The Bertz CT molecular complexity index is 1150. The van der Waals surface area contributed by atoms with Crippen LogP contribution in [0.15, 0.2) is 28.8 Å². The number of nitrogens with one attached hydrogen (secondary N) is 1. The number of hydrogen-bond acceptors (Lipinski definition) is 9. The van der Waals surface area contributed by atoms with Crippen LogP contribution in [0, 0.1) is 0 Å². The lowest BCUT2D eigenvalue weighted by atomic mass is 10.0. The number of ether oxygens (including phenoxy) is 2. The summed E-state index contributed by atoms with van der Waals surface area (Å²) in [6.45, 7) is 6.33. The minimum Gasteiger partial charge on any atom is -0.437 e. The van der Waals surface area contributed by atoms with Gasteiger partial charge in [0.2, 0.25) is 5.88 Å². The van der Waals surface area contributed by atoms with Gasteiger partial charge in [0.05, 0.1) is 22.9 Å². The molecule has 3 aromatic rings. The number of likely N-dealkylation sites (tertiary alicyclic amines) is 1. The molecule has 34 heavy (non-hydrogen) atoms. The van der Waals surface area contributed by atoms with Crippen LogP contribution in [0.2, 0.25) is 4.34 Å². The van der Waals surface area contributed by atoms with Crippen LogP contribution >= 0.6 is 22.9 Å². The number of thiophene rings is 1. The zero-order valence-electron chi connectivity index (χ0n) is 19.1. The number of halogens is 1. The lowest BCUT2D eigenvalue weighted by Gasteiger charge is -2.34. The van der Waals surface area contributed by atoms with E-state index < -0.39 is 6.16 Å². The first-order valence-corrected chi connectivity index (χ1v) is 12.1. The average Bonchev–Trinajstić information content (AvgIpc) is 3.54. The Hall–Kier alpha value is -2.89. The molecule has 0 aromatic carbocycles. The first-order chi connectivity index (χ1) is 16.3. The molecular formula is C22H26ClN5O5S. The molecule has 10 nitrogen and oxygen atoms in total. The van der Waals surface area contributed by atoms with Crippen LogP contribution in [-0.4, -0.2) is 64.2 Å². The van der Waals surface area contributed by atoms with E-state index in [0.717, 1.165) is 30.8 Å². The molecule has 1 aliphatic heterocycles. The van der Waals surface area contributed by atoms with E-state index in [1.54, 1.807) is 12.1 Å². The van der Waals surface area contributed by atoms with Gasteiger partial charge in [0.25, 0.3) is 5.91 Å². The summed E-state index contributed by atoms with van der Waals surface area (Å²) in [5.41, 5.74) is 0.792. The second-order valence-corrected chi connectivity index (χ2v) is 9.96. The van der Waals surface area contributed by atoms with E-state index in [4.69, 9.17) is 20.9 Å². The molecule has 3 aromatic heterocycles. The van der Waals surface area contributed by atoms with Gasteiger partial charge in [-0.15, -0.1) is 16.4 Å². The van der Waals surface area contributed by atoms with Gasteiger partial charge in [-0.3, -0.25) is 4.79 Å². The summed E-state index contributed by atoms with van der Waals surface area (Å²) in [4.78, 5) is 27.9. The number of carbonyl (C=O) groups excluding carboxylic acids is 2. The monoisotopic (exact) mass is 507 g/mol. The summed E-state index contributed by atoms with van der Waals surface area (Å²) >= 11 is 7.38. The summed E-state index contributed by atoms with van der Waals surface area (Å²) in [5.74, 6) is 0.220. The second-order valence-electron chi connectivity index (χ2n) is 8.25. The van der Waals surface area contributed by atoms with Gasteiger partial charge in [-0.05, 0) is 38.8 Å². The third-order valence-electron chi connectivity index (χ3n) is 5.63. The van der Waals surface area contributed by atoms with Crippen molar-refractivity contribution in [1.29, 1.82) is 0 Å². The van der Waals surface area contributed by atoms with Crippen molar-refractivity contribution in [2.24, 2.45) is 0 Å². The zero-order valence-corrected chi connectivity index (χ0v) is 20.7. The molecule has 12 heteroatoms. The van der Waals surface area contributed by atoms with Crippen molar-refractivity contribution in [1.82, 2.24) is 25.2 Å². The van der Waals surface area contributed by atoms with Crippen molar-refractivity contribution in [2.75, 3.05) is 20.2 Å². The van der Waals surface area contributed by atoms with Crippen LogP contribution in [0.25, 0.3) is 10.6 Å². The van der Waals surface area contributed by atoms with E-state index in [2.05, 4.69) is 39.1 Å². The molecule has 1 fully saturated rings. The van der Waals surface area contributed by atoms with E-state index in [-0.39, 0.29) is 30.1 Å². The Balaban J connectivity index is 1.50. The minimum atomic E-state index is -0.920. The molecule has 0 bridgehead atoms. The minimum absolute atomic E-state index is 0.0413. The SMILES string of the molecule is COC(=O)Oc1cc(C(=O)NC2CCN(C(C)C)CC2)n(Cc2cc(-c3ccc(Cl)s3)on2)n1. The molecule has 4 rings (SSSR count). The van der Waals surface area contributed by atoms with Crippen molar-refractivity contribution < 1.29 is 23.6 Å². The molecule has 1 N–H and O–H groups in total. The van der Waals surface area contributed by atoms with Crippen LogP contribution in [0.1, 0.15) is 42.9 Å². The summed E-state index contributed by atoms with van der Waals surface area (Å²) < 4.78 is 17.1. The number of carbonyl (C=O) groups is 2. The first-order valence-electron chi connectivity index (χ1n) is 10.9. The van der Waals surface area contributed by atoms with E-state index in [0.29, 0.717) is 21.8 Å². The standard InChI is InChI=1S/C22H26ClN5O5S/c1-13(2)27-8-6-14(7-9-27)24-21(29)16-11-20(32-22(30)31-3)25-28(16)12-15-10-17(33-26-15)18-4-5-19(23)34-18/h4-5,10-11,13-14H,6-9,12H2,1-3H3,(H,24,29). The summed E-state index contributed by atoms with van der Waals surface area (Å²) in [6.07, 6.45) is 0.801. The van der Waals surface area contributed by atoms with Gasteiger partial charge in [-0.25, -0.2) is 9.48 Å². The highest BCUT2D eigenvalue weighted by Gasteiger charge is 2.25. The fourth-order valence-electron chi connectivity index (χ4n) is 3.80. The van der Waals surface area contributed by atoms with Crippen molar-refractivity contribution in [3.63, 3.8) is 0 Å². The van der Waals surface area contributed by atoms with Gasteiger partial charge >= 0.3 is 6.16 Å². The number of nitrogens with zero attached hydrogens (tertiary/aromatic N) is 4. The third kappa shape index (κ3) is 5.78. The van der Waals surface area contributed by atoms with Gasteiger partial charge in [0.1, 0.15) is 11.4 Å². The molecule has 182 valence electrons. The smallest absolute Gasteiger partial charge is 0.437 e. The topological polar surface area (TPSA) is 112 Å². The van der Waals surface area contributed by atoms with Crippen LogP contribution in [-0.2, 0) is 11.3 Å². The number of rotatable bonds is 7. The summed E-state index contributed by atoms with van der Waals surface area (Å²) in [6, 6.07) is 7.33. The van der Waals surface area contributed by atoms with E-state index in [1.807, 2.05) is 6.07 Å². The van der Waals surface area contributed by atoms with Crippen LogP contribution in [0.5, 0.6) is 5.88 Å². The van der Waals surface area contributed by atoms with Crippen molar-refractivity contribution >= 4 is 35.0 Å². The van der Waals surface area contributed by atoms with Gasteiger partial charge < -0.3 is 24.2 Å². The van der Waals surface area contributed by atoms with E-state index >= 15 is 0 Å². The van der Waals surface area contributed by atoms with E-state index in [1.165, 1.54) is 29.2 Å². The normalized spacial score (nSPS) is 15.0. The number of methoxy groups -OCH3 is 1. The molecule has 0 atom stereocenters. The molecule has 0 unspecified atom stereocenters. The number of amides is 1. The first kappa shape index (κ1) is 24.2. The van der Waals surface area contributed by atoms with Crippen molar-refractivity contribution in [3.05, 3.63) is 40.0 Å². The van der Waals surface area contributed by atoms with Gasteiger partial charge in [0.15, 0.2) is 5.76 Å². The quantitative estimate of drug-likeness (QED) is 0.477. The Morgan fingerprint density at radius 1 is 1.29 bits per heavy atom. The highest BCUT2D eigenvalue weighted by atomic mass is 35.5. The Morgan fingerprint density at radius 3 is 2.71 bits per heavy atom. The average molecular weight is 508 g/mol. The Labute approximate surface area is 205 Å². The predicted molar refractivity (Wildman–Crippen MR) is 126 cm³/mol. The fraction of sp³-hybridized carbons (Fsp3) is 0.455. The molecule has 4 heterocycles. The maximum atomic E-state index is 13.1. The van der Waals surface area contributed by atoms with Crippen molar-refractivity contribution in [2.45, 2.75) is 45.3 Å². The maximum absolute atomic E-state index is 13.1. The molecule has 0 aliphatic carbocycles.